The van der Waals surface area contributed by atoms with E-state index in [9.17, 15) is 0 Å². The zero-order valence-electron chi connectivity index (χ0n) is 8.52. The first-order chi connectivity index (χ1) is 7.38. The highest BCUT2D eigenvalue weighted by atomic mass is 16.5. The van der Waals surface area contributed by atoms with Gasteiger partial charge in [0.1, 0.15) is 0 Å². The fourth-order valence-electron chi connectivity index (χ4n) is 1.23. The summed E-state index contributed by atoms with van der Waals surface area (Å²) >= 11 is 0. The predicted octanol–water partition coefficient (Wildman–Crippen LogP) is 2.33. The van der Waals surface area contributed by atoms with E-state index in [1.807, 2.05) is 30.3 Å². The lowest BCUT2D eigenvalue weighted by atomic mass is 10.0. The summed E-state index contributed by atoms with van der Waals surface area (Å²) in [6.45, 7) is 0.920. The molecule has 1 rings (SSSR count). The average molecular weight is 199 g/mol. The Kier molecular flexibility index (Phi) is 5.01. The van der Waals surface area contributed by atoms with Crippen molar-refractivity contribution < 1.29 is 4.74 Å². The number of nitrogens with zero attached hydrogens (tertiary/aromatic N) is 1. The van der Waals surface area contributed by atoms with E-state index >= 15 is 0 Å². The van der Waals surface area contributed by atoms with Crippen LogP contribution in [0.5, 0.6) is 0 Å². The van der Waals surface area contributed by atoms with Crippen LogP contribution >= 0.6 is 0 Å². The van der Waals surface area contributed by atoms with E-state index in [1.165, 1.54) is 0 Å². The first-order valence-electron chi connectivity index (χ1n) is 4.84. The fourth-order valence-corrected chi connectivity index (χ4v) is 1.23. The van der Waals surface area contributed by atoms with Gasteiger partial charge in [-0.3, -0.25) is 0 Å². The summed E-state index contributed by atoms with van der Waals surface area (Å²) in [5, 5.41) is 8.97. The molecule has 0 aromatic heterocycles. The van der Waals surface area contributed by atoms with Crippen molar-refractivity contribution >= 4 is 0 Å². The van der Waals surface area contributed by atoms with Crippen molar-refractivity contribution in [2.75, 3.05) is 13.2 Å². The molecule has 0 N–H and O–H groups in total. The number of benzene rings is 1. The first-order valence-corrected chi connectivity index (χ1v) is 4.84. The van der Waals surface area contributed by atoms with Crippen LogP contribution in [0.15, 0.2) is 30.3 Å². The highest BCUT2D eigenvalue weighted by Gasteiger charge is 2.09. The number of terminal acetylenes is 1. The second-order valence-corrected chi connectivity index (χ2v) is 3.12. The monoisotopic (exact) mass is 199 g/mol. The molecule has 0 amide bonds. The molecule has 1 atom stereocenters. The third-order valence-corrected chi connectivity index (χ3v) is 2.03. The van der Waals surface area contributed by atoms with Crippen LogP contribution in [0.3, 0.4) is 0 Å². The Hall–Kier alpha value is -1.77. The summed E-state index contributed by atoms with van der Waals surface area (Å²) < 4.78 is 5.32. The van der Waals surface area contributed by atoms with Crippen molar-refractivity contribution in [2.24, 2.45) is 0 Å². The quantitative estimate of drug-likeness (QED) is 0.538. The van der Waals surface area contributed by atoms with Gasteiger partial charge in [0.05, 0.1) is 25.2 Å². The minimum absolute atomic E-state index is 0.205. The predicted molar refractivity (Wildman–Crippen MR) is 59.1 cm³/mol. The van der Waals surface area contributed by atoms with Crippen LogP contribution < -0.4 is 0 Å². The van der Waals surface area contributed by atoms with Gasteiger partial charge in [0.25, 0.3) is 0 Å². The lowest BCUT2D eigenvalue weighted by Gasteiger charge is -2.09. The van der Waals surface area contributed by atoms with Crippen molar-refractivity contribution in [1.82, 2.24) is 0 Å². The summed E-state index contributed by atoms with van der Waals surface area (Å²) in [4.78, 5) is 0. The molecule has 0 radical (unpaired) electrons. The Bertz CT molecular complexity index is 358. The first kappa shape index (κ1) is 11.3. The van der Waals surface area contributed by atoms with E-state index < -0.39 is 0 Å². The largest absolute Gasteiger partial charge is 0.379 e. The maximum absolute atomic E-state index is 8.97. The Morgan fingerprint density at radius 3 is 2.67 bits per heavy atom. The molecule has 2 nitrogen and oxygen atoms in total. The lowest BCUT2D eigenvalue weighted by Crippen LogP contribution is -2.06. The van der Waals surface area contributed by atoms with Crippen molar-refractivity contribution in [3.05, 3.63) is 35.9 Å². The van der Waals surface area contributed by atoms with E-state index in [1.54, 1.807) is 0 Å². The van der Waals surface area contributed by atoms with Crippen LogP contribution in [0, 0.1) is 23.7 Å². The Morgan fingerprint density at radius 2 is 2.07 bits per heavy atom. The molecule has 0 spiro atoms. The van der Waals surface area contributed by atoms with Gasteiger partial charge in [-0.2, -0.15) is 5.26 Å². The summed E-state index contributed by atoms with van der Waals surface area (Å²) in [6.07, 6.45) is 5.68. The molecule has 0 aliphatic carbocycles. The van der Waals surface area contributed by atoms with Gasteiger partial charge in [-0.15, -0.1) is 12.3 Å². The van der Waals surface area contributed by atoms with Gasteiger partial charge in [-0.1, -0.05) is 30.3 Å². The molecule has 1 aromatic rings. The molecular formula is C13H13NO. The summed E-state index contributed by atoms with van der Waals surface area (Å²) in [5.74, 6) is 2.29. The van der Waals surface area contributed by atoms with Gasteiger partial charge in [0, 0.05) is 6.42 Å². The van der Waals surface area contributed by atoms with Gasteiger partial charge in [0.15, 0.2) is 0 Å². The van der Waals surface area contributed by atoms with E-state index in [0.29, 0.717) is 19.6 Å². The fraction of sp³-hybridized carbons (Fsp3) is 0.308. The smallest absolute Gasteiger partial charge is 0.0946 e. The minimum atomic E-state index is -0.205. The van der Waals surface area contributed by atoms with Gasteiger partial charge in [0.2, 0.25) is 0 Å². The molecule has 1 aromatic carbocycles. The van der Waals surface area contributed by atoms with Gasteiger partial charge in [-0.25, -0.2) is 0 Å². The summed E-state index contributed by atoms with van der Waals surface area (Å²) in [6, 6.07) is 11.8. The van der Waals surface area contributed by atoms with Crippen LogP contribution in [0.25, 0.3) is 0 Å². The standard InChI is InChI=1S/C13H13NO/c1-2-3-9-15-11-13(10-14)12-7-5-4-6-8-12/h1,4-8,13H,3,9,11H2. The van der Waals surface area contributed by atoms with Crippen molar-refractivity contribution in [3.63, 3.8) is 0 Å². The topological polar surface area (TPSA) is 33.0 Å². The van der Waals surface area contributed by atoms with Crippen molar-refractivity contribution in [2.45, 2.75) is 12.3 Å². The Morgan fingerprint density at radius 1 is 1.33 bits per heavy atom. The molecule has 0 bridgehead atoms. The molecule has 0 fully saturated rings. The van der Waals surface area contributed by atoms with Gasteiger partial charge < -0.3 is 4.74 Å². The lowest BCUT2D eigenvalue weighted by molar-refractivity contribution is 0.135. The van der Waals surface area contributed by atoms with Crippen molar-refractivity contribution in [1.29, 1.82) is 5.26 Å². The third kappa shape index (κ3) is 3.85. The van der Waals surface area contributed by atoms with Gasteiger partial charge >= 0.3 is 0 Å². The van der Waals surface area contributed by atoms with Crippen LogP contribution in [-0.2, 0) is 4.74 Å². The number of nitriles is 1. The molecule has 0 heterocycles. The SMILES string of the molecule is C#CCCOCC(C#N)c1ccccc1. The number of ether oxygens (including phenoxy) is 1. The molecule has 76 valence electrons. The van der Waals surface area contributed by atoms with Crippen LogP contribution in [0.2, 0.25) is 0 Å². The number of hydrogen-bond donors (Lipinski definition) is 0. The molecule has 1 unspecified atom stereocenters. The highest BCUT2D eigenvalue weighted by molar-refractivity contribution is 5.24. The third-order valence-electron chi connectivity index (χ3n) is 2.03. The molecule has 0 saturated carbocycles. The molecule has 0 aliphatic heterocycles. The second kappa shape index (κ2) is 6.65. The molecule has 0 aliphatic rings. The van der Waals surface area contributed by atoms with Crippen LogP contribution in [0.4, 0.5) is 0 Å². The number of rotatable bonds is 5. The highest BCUT2D eigenvalue weighted by Crippen LogP contribution is 2.14. The zero-order chi connectivity index (χ0) is 10.9. The van der Waals surface area contributed by atoms with E-state index in [4.69, 9.17) is 16.4 Å². The average Bonchev–Trinajstić information content (AvgIpc) is 2.30. The Balaban J connectivity index is 2.45. The van der Waals surface area contributed by atoms with E-state index in [2.05, 4.69) is 12.0 Å². The molecule has 2 heteroatoms. The normalized spacial score (nSPS) is 11.3. The maximum Gasteiger partial charge on any atom is 0.0946 e. The minimum Gasteiger partial charge on any atom is -0.379 e. The maximum atomic E-state index is 8.97. The molecule has 0 saturated heterocycles. The molecular weight excluding hydrogens is 186 g/mol. The number of hydrogen-bond acceptors (Lipinski definition) is 2. The van der Waals surface area contributed by atoms with E-state index in [0.717, 1.165) is 5.56 Å². The summed E-state index contributed by atoms with van der Waals surface area (Å²) in [5.41, 5.74) is 0.987. The van der Waals surface area contributed by atoms with Crippen LogP contribution in [-0.4, -0.2) is 13.2 Å². The summed E-state index contributed by atoms with van der Waals surface area (Å²) in [7, 11) is 0. The Labute approximate surface area is 90.5 Å². The second-order valence-electron chi connectivity index (χ2n) is 3.12. The molecule has 15 heavy (non-hydrogen) atoms. The van der Waals surface area contributed by atoms with Crippen molar-refractivity contribution in [3.8, 4) is 18.4 Å². The zero-order valence-corrected chi connectivity index (χ0v) is 8.52. The van der Waals surface area contributed by atoms with Crippen LogP contribution in [0.1, 0.15) is 17.9 Å². The van der Waals surface area contributed by atoms with Gasteiger partial charge in [-0.05, 0) is 5.56 Å². The van der Waals surface area contributed by atoms with E-state index in [-0.39, 0.29) is 5.92 Å².